The number of nitrogens with zero attached hydrogens (tertiary/aromatic N) is 1. The van der Waals surface area contributed by atoms with Crippen molar-refractivity contribution in [2.75, 3.05) is 20.8 Å². The number of carbonyl (C=O) groups excluding carboxylic acids is 2. The molecule has 0 bridgehead atoms. The molecule has 0 aliphatic rings. The quantitative estimate of drug-likeness (QED) is 0.237. The molecule has 8 heteroatoms. The molecular formula is C28H27NO6S. The second-order valence-corrected chi connectivity index (χ2v) is 9.27. The lowest BCUT2D eigenvalue weighted by Crippen LogP contribution is -2.28. The van der Waals surface area contributed by atoms with Crippen LogP contribution in [0.4, 0.5) is 0 Å². The van der Waals surface area contributed by atoms with Crippen LogP contribution in [0, 0.1) is 5.92 Å². The maximum absolute atomic E-state index is 12.6. The molecule has 0 spiro atoms. The molecular weight excluding hydrogens is 478 g/mol. The van der Waals surface area contributed by atoms with E-state index in [1.165, 1.54) is 36.7 Å². The normalized spacial score (nSPS) is 11.0. The highest BCUT2D eigenvalue weighted by Crippen LogP contribution is 2.22. The first-order valence-corrected chi connectivity index (χ1v) is 12.3. The maximum atomic E-state index is 12.6. The first-order chi connectivity index (χ1) is 17.5. The Labute approximate surface area is 212 Å². The van der Waals surface area contributed by atoms with Gasteiger partial charge < -0.3 is 14.2 Å². The van der Waals surface area contributed by atoms with Crippen LogP contribution in [0.25, 0.3) is 10.2 Å². The van der Waals surface area contributed by atoms with Gasteiger partial charge in [0.25, 0.3) is 0 Å². The Morgan fingerprint density at radius 3 is 2.19 bits per heavy atom. The first kappa shape index (κ1) is 25.2. The number of fused-ring (bicyclic) bond motifs is 1. The number of ether oxygens (including phenoxy) is 3. The molecule has 186 valence electrons. The third kappa shape index (κ3) is 6.01. The van der Waals surface area contributed by atoms with E-state index in [1.54, 1.807) is 28.8 Å². The van der Waals surface area contributed by atoms with Gasteiger partial charge in [0.15, 0.2) is 5.92 Å². The molecule has 0 radical (unpaired) electrons. The van der Waals surface area contributed by atoms with Gasteiger partial charge in [-0.05, 0) is 53.8 Å². The second-order valence-electron chi connectivity index (χ2n) is 8.28. The van der Waals surface area contributed by atoms with E-state index in [0.29, 0.717) is 18.9 Å². The second kappa shape index (κ2) is 11.7. The van der Waals surface area contributed by atoms with E-state index in [2.05, 4.69) is 24.3 Å². The fraction of sp³-hybridized carbons (Fsp3) is 0.250. The molecule has 0 N–H and O–H groups in total. The molecule has 3 aromatic carbocycles. The van der Waals surface area contributed by atoms with Crippen molar-refractivity contribution >= 4 is 33.5 Å². The molecule has 0 aliphatic heterocycles. The zero-order valence-corrected chi connectivity index (χ0v) is 21.0. The molecule has 0 amide bonds. The number of methoxy groups -OCH3 is 2. The lowest BCUT2D eigenvalue weighted by Gasteiger charge is -2.13. The third-order valence-corrected chi connectivity index (χ3v) is 6.84. The molecule has 4 rings (SSSR count). The molecule has 1 heterocycles. The molecule has 0 aliphatic carbocycles. The van der Waals surface area contributed by atoms with Crippen molar-refractivity contribution in [3.8, 4) is 5.75 Å². The van der Waals surface area contributed by atoms with Crippen LogP contribution in [0.5, 0.6) is 5.75 Å². The summed E-state index contributed by atoms with van der Waals surface area (Å²) in [6, 6.07) is 23.5. The maximum Gasteiger partial charge on any atom is 0.320 e. The van der Waals surface area contributed by atoms with E-state index in [4.69, 9.17) is 14.2 Å². The largest absolute Gasteiger partial charge is 0.492 e. The third-order valence-electron chi connectivity index (χ3n) is 5.90. The minimum Gasteiger partial charge on any atom is -0.492 e. The van der Waals surface area contributed by atoms with Crippen LogP contribution in [0.15, 0.2) is 77.6 Å². The number of carbonyl (C=O) groups is 2. The predicted molar refractivity (Wildman–Crippen MR) is 138 cm³/mol. The molecule has 0 atom stereocenters. The average Bonchev–Trinajstić information content (AvgIpc) is 3.21. The molecule has 1 aromatic heterocycles. The fourth-order valence-electron chi connectivity index (χ4n) is 4.02. The van der Waals surface area contributed by atoms with Crippen LogP contribution < -0.4 is 9.61 Å². The number of rotatable bonds is 10. The number of aromatic nitrogens is 1. The average molecular weight is 506 g/mol. The van der Waals surface area contributed by atoms with Crippen molar-refractivity contribution in [1.82, 2.24) is 4.57 Å². The van der Waals surface area contributed by atoms with Crippen molar-refractivity contribution in [2.24, 2.45) is 5.92 Å². The van der Waals surface area contributed by atoms with E-state index in [0.717, 1.165) is 22.2 Å². The summed E-state index contributed by atoms with van der Waals surface area (Å²) in [5, 5.41) is 0. The van der Waals surface area contributed by atoms with E-state index in [-0.39, 0.29) is 11.3 Å². The summed E-state index contributed by atoms with van der Waals surface area (Å²) in [6.45, 7) is 0.745. The number of hydrogen-bond acceptors (Lipinski definition) is 7. The summed E-state index contributed by atoms with van der Waals surface area (Å²) >= 11 is 1.24. The summed E-state index contributed by atoms with van der Waals surface area (Å²) < 4.78 is 17.9. The fourth-order valence-corrected chi connectivity index (χ4v) is 5.00. The van der Waals surface area contributed by atoms with Gasteiger partial charge in [0.1, 0.15) is 12.4 Å². The van der Waals surface area contributed by atoms with Crippen molar-refractivity contribution in [1.29, 1.82) is 0 Å². The van der Waals surface area contributed by atoms with Crippen LogP contribution in [0.3, 0.4) is 0 Å². The van der Waals surface area contributed by atoms with Crippen LogP contribution >= 0.6 is 11.3 Å². The van der Waals surface area contributed by atoms with Crippen molar-refractivity contribution < 1.29 is 23.8 Å². The van der Waals surface area contributed by atoms with Gasteiger partial charge in [0, 0.05) is 0 Å². The lowest BCUT2D eigenvalue weighted by atomic mass is 9.99. The van der Waals surface area contributed by atoms with Crippen molar-refractivity contribution in [3.63, 3.8) is 0 Å². The van der Waals surface area contributed by atoms with Gasteiger partial charge in [-0.15, -0.1) is 0 Å². The van der Waals surface area contributed by atoms with Crippen LogP contribution in [0.2, 0.25) is 0 Å². The molecule has 0 saturated carbocycles. The number of thiazole rings is 1. The van der Waals surface area contributed by atoms with Gasteiger partial charge >= 0.3 is 16.8 Å². The van der Waals surface area contributed by atoms with E-state index < -0.39 is 17.9 Å². The summed E-state index contributed by atoms with van der Waals surface area (Å²) in [5.74, 6) is -1.66. The molecule has 7 nitrogen and oxygen atoms in total. The van der Waals surface area contributed by atoms with Gasteiger partial charge in [-0.25, -0.2) is 0 Å². The van der Waals surface area contributed by atoms with Crippen molar-refractivity contribution in [3.05, 3.63) is 99.2 Å². The first-order valence-electron chi connectivity index (χ1n) is 11.5. The molecule has 36 heavy (non-hydrogen) atoms. The van der Waals surface area contributed by atoms with Crippen LogP contribution in [0.1, 0.15) is 16.7 Å². The van der Waals surface area contributed by atoms with Gasteiger partial charge in [0.05, 0.1) is 31.0 Å². The van der Waals surface area contributed by atoms with E-state index in [9.17, 15) is 14.4 Å². The Balaban J connectivity index is 1.37. The summed E-state index contributed by atoms with van der Waals surface area (Å²) in [7, 11) is 2.47. The number of esters is 2. The highest BCUT2D eigenvalue weighted by atomic mass is 32.1. The molecule has 0 fully saturated rings. The van der Waals surface area contributed by atoms with Crippen LogP contribution in [-0.2, 0) is 38.4 Å². The highest BCUT2D eigenvalue weighted by molar-refractivity contribution is 7.16. The zero-order valence-electron chi connectivity index (χ0n) is 20.1. The molecule has 0 unspecified atom stereocenters. The summed E-state index contributed by atoms with van der Waals surface area (Å²) in [6.07, 6.45) is 0.990. The Hall–Kier alpha value is -3.91. The summed E-state index contributed by atoms with van der Waals surface area (Å²) in [5.41, 5.74) is 4.07. The van der Waals surface area contributed by atoms with Gasteiger partial charge in [0.2, 0.25) is 0 Å². The van der Waals surface area contributed by atoms with E-state index in [1.807, 2.05) is 24.3 Å². The van der Waals surface area contributed by atoms with Gasteiger partial charge in [-0.1, -0.05) is 59.9 Å². The van der Waals surface area contributed by atoms with Gasteiger partial charge in [-0.3, -0.25) is 19.0 Å². The predicted octanol–water partition coefficient (Wildman–Crippen LogP) is 4.24. The Bertz CT molecular complexity index is 1380. The lowest BCUT2D eigenvalue weighted by molar-refractivity contribution is -0.158. The standard InChI is InChI=1S/C28H27NO6S/c1-33-26(30)23(27(31)34-2)17-20-8-11-22(12-9-20)35-15-14-29-24-13-10-21(18-25(24)36-28(29)32)16-19-6-4-3-5-7-19/h3-13,18,23H,14-17H2,1-2H3. The van der Waals surface area contributed by atoms with Gasteiger partial charge in [-0.2, -0.15) is 0 Å². The Morgan fingerprint density at radius 1 is 0.861 bits per heavy atom. The number of hydrogen-bond donors (Lipinski definition) is 0. The topological polar surface area (TPSA) is 83.8 Å². The Morgan fingerprint density at radius 2 is 1.53 bits per heavy atom. The smallest absolute Gasteiger partial charge is 0.320 e. The minimum absolute atomic E-state index is 0.0162. The van der Waals surface area contributed by atoms with Crippen LogP contribution in [-0.4, -0.2) is 37.3 Å². The monoisotopic (exact) mass is 505 g/mol. The SMILES string of the molecule is COC(=O)C(Cc1ccc(OCCn2c(=O)sc3cc(Cc4ccccc4)ccc32)cc1)C(=O)OC. The summed E-state index contributed by atoms with van der Waals surface area (Å²) in [4.78, 5) is 36.4. The molecule has 0 saturated heterocycles. The number of benzene rings is 3. The van der Waals surface area contributed by atoms with Crippen molar-refractivity contribution in [2.45, 2.75) is 19.4 Å². The van der Waals surface area contributed by atoms with E-state index >= 15 is 0 Å². The Kier molecular flexibility index (Phi) is 8.17. The zero-order chi connectivity index (χ0) is 25.5. The minimum atomic E-state index is -1.02. The molecule has 4 aromatic rings. The highest BCUT2D eigenvalue weighted by Gasteiger charge is 2.28.